The van der Waals surface area contributed by atoms with Crippen molar-refractivity contribution in [3.63, 3.8) is 0 Å². The number of hydrogen-bond acceptors (Lipinski definition) is 5. The minimum atomic E-state index is -0.250. The Morgan fingerprint density at radius 3 is 2.93 bits per heavy atom. The zero-order chi connectivity index (χ0) is 18.6. The van der Waals surface area contributed by atoms with Gasteiger partial charge in [-0.05, 0) is 30.5 Å². The molecule has 0 N–H and O–H groups in total. The Morgan fingerprint density at radius 1 is 1.22 bits per heavy atom. The van der Waals surface area contributed by atoms with Crippen LogP contribution < -0.4 is 4.74 Å². The van der Waals surface area contributed by atoms with E-state index in [-0.39, 0.29) is 12.0 Å². The zero-order valence-electron chi connectivity index (χ0n) is 15.2. The summed E-state index contributed by atoms with van der Waals surface area (Å²) in [5, 5.41) is 2.20. The maximum Gasteiger partial charge on any atom is 0.259 e. The molecule has 0 radical (unpaired) electrons. The van der Waals surface area contributed by atoms with Gasteiger partial charge in [-0.15, -0.1) is 0 Å². The molecule has 4 rings (SSSR count). The molecule has 0 aliphatic carbocycles. The van der Waals surface area contributed by atoms with E-state index >= 15 is 0 Å². The molecule has 1 aromatic carbocycles. The fourth-order valence-electron chi connectivity index (χ4n) is 3.27. The summed E-state index contributed by atoms with van der Waals surface area (Å²) in [7, 11) is 0. The highest BCUT2D eigenvalue weighted by molar-refractivity contribution is 5.96. The lowest BCUT2D eigenvalue weighted by Gasteiger charge is -2.33. The third kappa shape index (κ3) is 3.61. The number of morpholine rings is 1. The Kier molecular flexibility index (Phi) is 4.98. The zero-order valence-corrected chi connectivity index (χ0v) is 15.2. The van der Waals surface area contributed by atoms with Gasteiger partial charge in [-0.3, -0.25) is 9.78 Å². The van der Waals surface area contributed by atoms with Gasteiger partial charge in [0.05, 0.1) is 25.5 Å². The molecule has 3 aromatic rings. The molecule has 1 fully saturated rings. The second-order valence-electron chi connectivity index (χ2n) is 6.36. The van der Waals surface area contributed by atoms with Gasteiger partial charge >= 0.3 is 0 Å². The normalized spacial score (nSPS) is 17.1. The van der Waals surface area contributed by atoms with E-state index in [4.69, 9.17) is 9.47 Å². The van der Waals surface area contributed by atoms with Gasteiger partial charge in [0.1, 0.15) is 11.7 Å². The molecule has 6 heteroatoms. The van der Waals surface area contributed by atoms with E-state index in [1.54, 1.807) is 23.2 Å². The molecule has 1 amide bonds. The van der Waals surface area contributed by atoms with Crippen molar-refractivity contribution >= 4 is 16.7 Å². The average molecular weight is 363 g/mol. The first kappa shape index (κ1) is 17.4. The quantitative estimate of drug-likeness (QED) is 0.712. The summed E-state index contributed by atoms with van der Waals surface area (Å²) < 4.78 is 11.4. The number of aromatic nitrogens is 2. The van der Waals surface area contributed by atoms with Crippen LogP contribution in [-0.2, 0) is 4.74 Å². The Balaban J connectivity index is 1.56. The molecule has 3 heterocycles. The van der Waals surface area contributed by atoms with E-state index in [9.17, 15) is 4.79 Å². The van der Waals surface area contributed by atoms with Crippen molar-refractivity contribution in [2.75, 3.05) is 26.3 Å². The van der Waals surface area contributed by atoms with Gasteiger partial charge in [-0.1, -0.05) is 24.3 Å². The minimum Gasteiger partial charge on any atom is -0.477 e. The summed E-state index contributed by atoms with van der Waals surface area (Å²) in [6.45, 7) is 3.78. The maximum absolute atomic E-state index is 13.0. The third-order valence-electron chi connectivity index (χ3n) is 4.62. The third-order valence-corrected chi connectivity index (χ3v) is 4.62. The lowest BCUT2D eigenvalue weighted by molar-refractivity contribution is -0.0247. The van der Waals surface area contributed by atoms with Crippen molar-refractivity contribution in [3.8, 4) is 5.88 Å². The van der Waals surface area contributed by atoms with Crippen molar-refractivity contribution in [1.82, 2.24) is 14.9 Å². The topological polar surface area (TPSA) is 64.5 Å². The molecule has 0 bridgehead atoms. The molecule has 0 saturated carbocycles. The number of benzene rings is 1. The highest BCUT2D eigenvalue weighted by atomic mass is 16.5. The standard InChI is InChI=1S/C21H21N3O3/c1-2-26-20-17(8-5-9-22-20)21(25)24-10-11-27-19(14-24)18-12-15-6-3-4-7-16(15)13-23-18/h3-9,12-13,19H,2,10-11,14H2,1H3/t19-/m1/s1. The lowest BCUT2D eigenvalue weighted by Crippen LogP contribution is -2.42. The first-order valence-electron chi connectivity index (χ1n) is 9.09. The molecular weight excluding hydrogens is 342 g/mol. The first-order valence-corrected chi connectivity index (χ1v) is 9.09. The summed E-state index contributed by atoms with van der Waals surface area (Å²) >= 11 is 0. The van der Waals surface area contributed by atoms with Crippen LogP contribution in [0.2, 0.25) is 0 Å². The number of nitrogens with zero attached hydrogens (tertiary/aromatic N) is 3. The van der Waals surface area contributed by atoms with E-state index in [0.717, 1.165) is 16.5 Å². The van der Waals surface area contributed by atoms with Gasteiger partial charge in [0.15, 0.2) is 0 Å². The monoisotopic (exact) mass is 363 g/mol. The van der Waals surface area contributed by atoms with Gasteiger partial charge in [0.25, 0.3) is 5.91 Å². The molecule has 1 atom stereocenters. The molecule has 1 saturated heterocycles. The van der Waals surface area contributed by atoms with Crippen LogP contribution in [0, 0.1) is 0 Å². The highest BCUT2D eigenvalue weighted by Gasteiger charge is 2.28. The Labute approximate surface area is 157 Å². The number of ether oxygens (including phenoxy) is 2. The average Bonchev–Trinajstić information content (AvgIpc) is 2.73. The summed E-state index contributed by atoms with van der Waals surface area (Å²) in [5.74, 6) is 0.275. The van der Waals surface area contributed by atoms with Crippen molar-refractivity contribution in [2.45, 2.75) is 13.0 Å². The van der Waals surface area contributed by atoms with E-state index < -0.39 is 0 Å². The summed E-state index contributed by atoms with van der Waals surface area (Å²) in [5.41, 5.74) is 1.31. The van der Waals surface area contributed by atoms with Crippen LogP contribution in [0.1, 0.15) is 29.1 Å². The van der Waals surface area contributed by atoms with Crippen LogP contribution in [-0.4, -0.2) is 47.1 Å². The molecular formula is C21H21N3O3. The fourth-order valence-corrected chi connectivity index (χ4v) is 3.27. The molecule has 1 aliphatic rings. The molecule has 0 unspecified atom stereocenters. The molecule has 6 nitrogen and oxygen atoms in total. The Morgan fingerprint density at radius 2 is 2.07 bits per heavy atom. The number of hydrogen-bond donors (Lipinski definition) is 0. The van der Waals surface area contributed by atoms with Crippen LogP contribution in [0.3, 0.4) is 0 Å². The van der Waals surface area contributed by atoms with Crippen molar-refractivity contribution in [3.05, 3.63) is 66.1 Å². The number of amides is 1. The van der Waals surface area contributed by atoms with Gasteiger partial charge < -0.3 is 14.4 Å². The second kappa shape index (κ2) is 7.72. The Bertz CT molecular complexity index is 960. The van der Waals surface area contributed by atoms with Crippen LogP contribution >= 0.6 is 0 Å². The van der Waals surface area contributed by atoms with Crippen molar-refractivity contribution < 1.29 is 14.3 Å². The predicted molar refractivity (Wildman–Crippen MR) is 102 cm³/mol. The minimum absolute atomic E-state index is 0.0966. The number of carbonyl (C=O) groups excluding carboxylic acids is 1. The van der Waals surface area contributed by atoms with Gasteiger partial charge in [0, 0.05) is 24.3 Å². The van der Waals surface area contributed by atoms with Crippen LogP contribution in [0.5, 0.6) is 5.88 Å². The SMILES string of the molecule is CCOc1ncccc1C(=O)N1CCO[C@@H](c2cc3ccccc3cn2)C1. The number of carbonyl (C=O) groups is 1. The highest BCUT2D eigenvalue weighted by Crippen LogP contribution is 2.26. The molecule has 1 aliphatic heterocycles. The smallest absolute Gasteiger partial charge is 0.259 e. The molecule has 0 spiro atoms. The van der Waals surface area contributed by atoms with Gasteiger partial charge in [-0.2, -0.15) is 0 Å². The van der Waals surface area contributed by atoms with Gasteiger partial charge in [-0.25, -0.2) is 4.98 Å². The van der Waals surface area contributed by atoms with E-state index in [1.165, 1.54) is 0 Å². The number of pyridine rings is 2. The lowest BCUT2D eigenvalue weighted by atomic mass is 10.1. The van der Waals surface area contributed by atoms with Crippen LogP contribution in [0.25, 0.3) is 10.8 Å². The van der Waals surface area contributed by atoms with Crippen LogP contribution in [0.15, 0.2) is 54.9 Å². The van der Waals surface area contributed by atoms with Crippen molar-refractivity contribution in [1.29, 1.82) is 0 Å². The predicted octanol–water partition coefficient (Wildman–Crippen LogP) is 3.24. The Hall–Kier alpha value is -2.99. The van der Waals surface area contributed by atoms with E-state index in [1.807, 2.05) is 37.4 Å². The number of rotatable bonds is 4. The molecule has 27 heavy (non-hydrogen) atoms. The summed E-state index contributed by atoms with van der Waals surface area (Å²) in [6, 6.07) is 13.6. The first-order chi connectivity index (χ1) is 13.3. The van der Waals surface area contributed by atoms with E-state index in [2.05, 4.69) is 16.0 Å². The second-order valence-corrected chi connectivity index (χ2v) is 6.36. The summed E-state index contributed by atoms with van der Waals surface area (Å²) in [4.78, 5) is 23.5. The van der Waals surface area contributed by atoms with Crippen molar-refractivity contribution in [2.24, 2.45) is 0 Å². The largest absolute Gasteiger partial charge is 0.477 e. The van der Waals surface area contributed by atoms with Gasteiger partial charge in [0.2, 0.25) is 5.88 Å². The van der Waals surface area contributed by atoms with Crippen LogP contribution in [0.4, 0.5) is 0 Å². The van der Waals surface area contributed by atoms with E-state index in [0.29, 0.717) is 37.7 Å². The summed E-state index contributed by atoms with van der Waals surface area (Å²) in [6.07, 6.45) is 3.23. The molecule has 2 aromatic heterocycles. The number of fused-ring (bicyclic) bond motifs is 1. The maximum atomic E-state index is 13.0. The molecule has 138 valence electrons. The fraction of sp³-hybridized carbons (Fsp3) is 0.286.